The van der Waals surface area contributed by atoms with Gasteiger partial charge in [0.2, 0.25) is 6.79 Å². The second kappa shape index (κ2) is 4.41. The lowest BCUT2D eigenvalue weighted by molar-refractivity contribution is 0.106. The average Bonchev–Trinajstić information content (AvgIpc) is 2.88. The molecule has 0 unspecified atom stereocenters. The summed E-state index contributed by atoms with van der Waals surface area (Å²) in [5, 5.41) is 10.4. The van der Waals surface area contributed by atoms with Gasteiger partial charge in [-0.1, -0.05) is 38.8 Å². The summed E-state index contributed by atoms with van der Waals surface area (Å²) in [6.07, 6.45) is -0.173. The summed E-state index contributed by atoms with van der Waals surface area (Å²) in [5.41, 5.74) is -2.89. The molecule has 0 fully saturated rings. The second-order valence-electron chi connectivity index (χ2n) is 3.72. The van der Waals surface area contributed by atoms with E-state index < -0.39 is 32.1 Å². The third-order valence-corrected chi connectivity index (χ3v) is 2.31. The number of fused-ring (bicyclic) bond motifs is 1. The van der Waals surface area contributed by atoms with Gasteiger partial charge in [-0.25, -0.2) is 0 Å². The third-order valence-electron chi connectivity index (χ3n) is 2.31. The molecular weight excluding hydrogens is 216 g/mol. The van der Waals surface area contributed by atoms with E-state index in [9.17, 15) is 5.11 Å². The zero-order valence-electron chi connectivity index (χ0n) is 17.9. The Labute approximate surface area is 114 Å². The minimum atomic E-state index is -3.47. The van der Waals surface area contributed by atoms with Crippen molar-refractivity contribution in [3.8, 4) is 11.5 Å². The van der Waals surface area contributed by atoms with Crippen molar-refractivity contribution in [3.63, 3.8) is 0 Å². The van der Waals surface area contributed by atoms with Gasteiger partial charge in [0.25, 0.3) is 0 Å². The second-order valence-corrected chi connectivity index (χ2v) is 3.72. The van der Waals surface area contributed by atoms with Crippen LogP contribution >= 0.6 is 0 Å². The quantitative estimate of drug-likeness (QED) is 0.868. The highest BCUT2D eigenvalue weighted by molar-refractivity contribution is 5.56. The molecule has 0 saturated carbocycles. The van der Waals surface area contributed by atoms with Gasteiger partial charge in [0.15, 0.2) is 11.5 Å². The summed E-state index contributed by atoms with van der Waals surface area (Å²) in [7, 11) is 0. The van der Waals surface area contributed by atoms with Gasteiger partial charge < -0.3 is 14.6 Å². The standard InChI is InChI=1S/C14H18O3/c1-14(2,3)13(15)7-5-10-4-6-11-12(8-10)17-9-16-11/h4-8,13,15H,9H2,1-3H3/b7-5+/t13-/m1/s1/i1D3,2D3,3D3. The number of aliphatic hydroxyl groups is 1. The van der Waals surface area contributed by atoms with E-state index in [0.29, 0.717) is 17.1 Å². The maximum absolute atomic E-state index is 10.4. The number of aliphatic hydroxyl groups excluding tert-OH is 1. The Morgan fingerprint density at radius 1 is 1.35 bits per heavy atom. The SMILES string of the molecule is [2H]C([2H])([2H])C([C@H](O)/C=C/c1ccc2c(c1)OCO2)(C([2H])([2H])[2H])C([2H])([2H])[2H]. The summed E-state index contributed by atoms with van der Waals surface area (Å²) in [6, 6.07) is 4.69. The Hall–Kier alpha value is -1.48. The van der Waals surface area contributed by atoms with Gasteiger partial charge in [-0.2, -0.15) is 0 Å². The molecule has 0 spiro atoms. The molecule has 1 aliphatic rings. The maximum Gasteiger partial charge on any atom is 0.231 e. The molecule has 0 saturated heterocycles. The van der Waals surface area contributed by atoms with Crippen molar-refractivity contribution in [1.82, 2.24) is 0 Å². The van der Waals surface area contributed by atoms with Crippen LogP contribution in [0.25, 0.3) is 6.08 Å². The van der Waals surface area contributed by atoms with Crippen LogP contribution in [-0.2, 0) is 0 Å². The van der Waals surface area contributed by atoms with Crippen molar-refractivity contribution in [2.45, 2.75) is 26.7 Å². The first-order chi connectivity index (χ1) is 11.7. The molecule has 1 aliphatic heterocycles. The molecule has 1 N–H and O–H groups in total. The van der Waals surface area contributed by atoms with Crippen LogP contribution in [0.4, 0.5) is 0 Å². The lowest BCUT2D eigenvalue weighted by Crippen LogP contribution is -2.23. The van der Waals surface area contributed by atoms with Crippen molar-refractivity contribution in [1.29, 1.82) is 0 Å². The Balaban J connectivity index is 2.46. The molecule has 0 amide bonds. The summed E-state index contributed by atoms with van der Waals surface area (Å²) < 4.78 is 78.2. The fraction of sp³-hybridized carbons (Fsp3) is 0.429. The number of benzene rings is 1. The average molecular weight is 243 g/mol. The molecule has 1 aromatic carbocycles. The van der Waals surface area contributed by atoms with E-state index in [1.807, 2.05) is 0 Å². The van der Waals surface area contributed by atoms with Gasteiger partial charge in [0.05, 0.1) is 6.10 Å². The van der Waals surface area contributed by atoms with Gasteiger partial charge in [0, 0.05) is 12.3 Å². The van der Waals surface area contributed by atoms with Crippen molar-refractivity contribution in [3.05, 3.63) is 29.8 Å². The Bertz CT molecular complexity index is 652. The fourth-order valence-electron chi connectivity index (χ4n) is 1.36. The smallest absolute Gasteiger partial charge is 0.231 e. The van der Waals surface area contributed by atoms with E-state index in [2.05, 4.69) is 0 Å². The lowest BCUT2D eigenvalue weighted by atomic mass is 9.89. The topological polar surface area (TPSA) is 38.7 Å². The van der Waals surface area contributed by atoms with Crippen molar-refractivity contribution in [2.24, 2.45) is 5.41 Å². The monoisotopic (exact) mass is 243 g/mol. The Kier molecular flexibility index (Phi) is 1.30. The van der Waals surface area contributed by atoms with Crippen molar-refractivity contribution in [2.75, 3.05) is 6.79 Å². The molecule has 1 heterocycles. The van der Waals surface area contributed by atoms with Crippen LogP contribution in [0.15, 0.2) is 24.3 Å². The molecule has 2 rings (SSSR count). The van der Waals surface area contributed by atoms with Gasteiger partial charge >= 0.3 is 0 Å². The molecule has 0 aromatic heterocycles. The number of hydrogen-bond donors (Lipinski definition) is 1. The van der Waals surface area contributed by atoms with Gasteiger partial charge in [-0.15, -0.1) is 0 Å². The molecule has 1 atom stereocenters. The zero-order valence-corrected chi connectivity index (χ0v) is 8.93. The van der Waals surface area contributed by atoms with E-state index in [1.54, 1.807) is 12.1 Å². The molecule has 17 heavy (non-hydrogen) atoms. The van der Waals surface area contributed by atoms with Crippen LogP contribution in [0.3, 0.4) is 0 Å². The van der Waals surface area contributed by atoms with E-state index in [1.165, 1.54) is 12.1 Å². The van der Waals surface area contributed by atoms with Crippen LogP contribution in [-0.4, -0.2) is 18.0 Å². The van der Waals surface area contributed by atoms with Crippen molar-refractivity contribution < 1.29 is 26.9 Å². The molecule has 0 aliphatic carbocycles. The van der Waals surface area contributed by atoms with Gasteiger partial charge in [-0.05, 0) is 23.1 Å². The van der Waals surface area contributed by atoms with Crippen LogP contribution in [0.5, 0.6) is 11.5 Å². The predicted octanol–water partition coefficient (Wildman–Crippen LogP) is 2.84. The van der Waals surface area contributed by atoms with Crippen LogP contribution in [0.1, 0.15) is 38.5 Å². The van der Waals surface area contributed by atoms with E-state index >= 15 is 0 Å². The number of hydrogen-bond acceptors (Lipinski definition) is 3. The molecule has 3 nitrogen and oxygen atoms in total. The van der Waals surface area contributed by atoms with Gasteiger partial charge in [0.1, 0.15) is 0 Å². The molecular formula is C14H18O3. The summed E-state index contributed by atoms with van der Waals surface area (Å²) in [4.78, 5) is 0. The number of ether oxygens (including phenoxy) is 2. The fourth-order valence-corrected chi connectivity index (χ4v) is 1.36. The molecule has 0 radical (unpaired) electrons. The predicted molar refractivity (Wildman–Crippen MR) is 67.1 cm³/mol. The highest BCUT2D eigenvalue weighted by Crippen LogP contribution is 2.33. The number of rotatable bonds is 2. The highest BCUT2D eigenvalue weighted by Gasteiger charge is 2.19. The zero-order chi connectivity index (χ0) is 20.0. The summed E-state index contributed by atoms with van der Waals surface area (Å²) in [5.74, 6) is 0.930. The largest absolute Gasteiger partial charge is 0.454 e. The summed E-state index contributed by atoms with van der Waals surface area (Å²) in [6.45, 7) is -10.4. The van der Waals surface area contributed by atoms with Gasteiger partial charge in [-0.3, -0.25) is 0 Å². The van der Waals surface area contributed by atoms with E-state index in [0.717, 1.165) is 6.08 Å². The molecule has 1 aromatic rings. The van der Waals surface area contributed by atoms with E-state index in [-0.39, 0.29) is 6.79 Å². The highest BCUT2D eigenvalue weighted by atomic mass is 16.7. The lowest BCUT2D eigenvalue weighted by Gasteiger charge is -2.22. The minimum Gasteiger partial charge on any atom is -0.454 e. The Morgan fingerprint density at radius 2 is 2.12 bits per heavy atom. The maximum atomic E-state index is 10.4. The van der Waals surface area contributed by atoms with Crippen LogP contribution in [0.2, 0.25) is 0 Å². The normalized spacial score (nSPS) is 26.5. The van der Waals surface area contributed by atoms with Crippen LogP contribution in [0, 0.1) is 5.41 Å². The van der Waals surface area contributed by atoms with E-state index in [4.69, 9.17) is 21.8 Å². The summed E-state index contributed by atoms with van der Waals surface area (Å²) >= 11 is 0. The first-order valence-electron chi connectivity index (χ1n) is 9.48. The first-order valence-corrected chi connectivity index (χ1v) is 4.98. The minimum absolute atomic E-state index is 0.0470. The molecule has 0 bridgehead atoms. The molecule has 3 heteroatoms. The Morgan fingerprint density at radius 3 is 2.88 bits per heavy atom. The molecule has 92 valence electrons. The third kappa shape index (κ3) is 2.80. The van der Waals surface area contributed by atoms with Crippen LogP contribution < -0.4 is 9.47 Å². The first kappa shape index (κ1) is 5.02. The van der Waals surface area contributed by atoms with Crippen molar-refractivity contribution >= 4 is 6.08 Å².